The number of ether oxygens (including phenoxy) is 4. The van der Waals surface area contributed by atoms with E-state index in [4.69, 9.17) is 42.1 Å². The molecule has 9 nitrogen and oxygen atoms in total. The smallest absolute Gasteiger partial charge is 0.410 e. The molecule has 2 aliphatic rings. The number of hydrogen-bond acceptors (Lipinski definition) is 7. The molecule has 0 spiro atoms. The fourth-order valence-corrected chi connectivity index (χ4v) is 3.52. The number of fused-ring (bicyclic) bond motifs is 1. The molecule has 0 aromatic heterocycles. The van der Waals surface area contributed by atoms with Crippen LogP contribution >= 0.6 is 23.2 Å². The maximum atomic E-state index is 12.1. The molecule has 1 aliphatic carbocycles. The molecule has 0 aromatic rings. The summed E-state index contributed by atoms with van der Waals surface area (Å²) >= 11 is 11.2. The Balaban J connectivity index is 2.03. The molecular formula is C19H26Cl2N2O7. The summed E-state index contributed by atoms with van der Waals surface area (Å²) in [6.07, 6.45) is 2.62. The molecule has 0 fully saturated rings. The summed E-state index contributed by atoms with van der Waals surface area (Å²) in [5.41, 5.74) is 1.03. The third-order valence-electron chi connectivity index (χ3n) is 4.69. The predicted molar refractivity (Wildman–Crippen MR) is 109 cm³/mol. The molecule has 0 aromatic carbocycles. The van der Waals surface area contributed by atoms with Crippen molar-refractivity contribution in [3.05, 3.63) is 23.5 Å². The average molecular weight is 465 g/mol. The van der Waals surface area contributed by atoms with E-state index in [9.17, 15) is 14.4 Å². The van der Waals surface area contributed by atoms with Crippen molar-refractivity contribution < 1.29 is 33.3 Å². The van der Waals surface area contributed by atoms with E-state index >= 15 is 0 Å². The number of carbonyl (C=O) groups is 3. The Bertz CT molecular complexity index is 684. The Morgan fingerprint density at radius 3 is 2.43 bits per heavy atom. The molecule has 2 rings (SSSR count). The summed E-state index contributed by atoms with van der Waals surface area (Å²) < 4.78 is 21.0. The molecule has 1 aliphatic heterocycles. The van der Waals surface area contributed by atoms with Crippen LogP contribution in [-0.4, -0.2) is 63.0 Å². The number of alkyl carbamates (subject to hydrolysis) is 2. The number of amides is 2. The topological polar surface area (TPSA) is 112 Å². The van der Waals surface area contributed by atoms with Gasteiger partial charge in [-0.2, -0.15) is 0 Å². The first-order chi connectivity index (χ1) is 14.5. The second-order valence-electron chi connectivity index (χ2n) is 6.64. The summed E-state index contributed by atoms with van der Waals surface area (Å²) in [6, 6.07) is 0. The second kappa shape index (κ2) is 12.5. The Morgan fingerprint density at radius 1 is 1.13 bits per heavy atom. The van der Waals surface area contributed by atoms with Crippen LogP contribution in [0.2, 0.25) is 0 Å². The second-order valence-corrected chi connectivity index (χ2v) is 7.39. The Kier molecular flexibility index (Phi) is 10.1. The summed E-state index contributed by atoms with van der Waals surface area (Å²) in [5.74, 6) is -0.485. The van der Waals surface area contributed by atoms with Crippen molar-refractivity contribution in [2.75, 3.05) is 38.6 Å². The van der Waals surface area contributed by atoms with Crippen LogP contribution < -0.4 is 10.6 Å². The lowest BCUT2D eigenvalue weighted by molar-refractivity contribution is -0.141. The number of allylic oxidation sites excluding steroid dienone is 1. The van der Waals surface area contributed by atoms with Crippen molar-refractivity contribution in [1.29, 1.82) is 0 Å². The highest BCUT2D eigenvalue weighted by atomic mass is 35.5. The molecule has 1 heterocycles. The molecule has 11 heteroatoms. The van der Waals surface area contributed by atoms with Gasteiger partial charge in [-0.3, -0.25) is 0 Å². The van der Waals surface area contributed by atoms with Crippen LogP contribution in [0.4, 0.5) is 9.59 Å². The predicted octanol–water partition coefficient (Wildman–Crippen LogP) is 2.67. The fourth-order valence-electron chi connectivity index (χ4n) is 3.25. The van der Waals surface area contributed by atoms with Gasteiger partial charge < -0.3 is 29.6 Å². The average Bonchev–Trinajstić information content (AvgIpc) is 3.17. The zero-order valence-corrected chi connectivity index (χ0v) is 18.2. The van der Waals surface area contributed by atoms with E-state index < -0.39 is 30.4 Å². The van der Waals surface area contributed by atoms with Gasteiger partial charge in [0.05, 0.1) is 24.9 Å². The zero-order chi connectivity index (χ0) is 21.9. The van der Waals surface area contributed by atoms with Gasteiger partial charge in [0.15, 0.2) is 0 Å². The summed E-state index contributed by atoms with van der Waals surface area (Å²) in [6.45, 7) is 0.736. The van der Waals surface area contributed by atoms with E-state index in [1.165, 1.54) is 13.4 Å². The number of nitrogens with one attached hydrogen (secondary N) is 2. The number of alkyl halides is 2. The first kappa shape index (κ1) is 24.1. The zero-order valence-electron chi connectivity index (χ0n) is 16.7. The van der Waals surface area contributed by atoms with Gasteiger partial charge in [-0.05, 0) is 24.8 Å². The molecule has 2 amide bonds. The number of halogens is 2. The lowest BCUT2D eigenvalue weighted by Crippen LogP contribution is -2.41. The maximum absolute atomic E-state index is 12.1. The number of hydrogen-bond donors (Lipinski definition) is 2. The Labute approximate surface area is 185 Å². The first-order valence-electron chi connectivity index (χ1n) is 9.61. The normalized spacial score (nSPS) is 22.0. The molecule has 0 radical (unpaired) electrons. The third-order valence-corrected chi connectivity index (χ3v) is 5.23. The molecular weight excluding hydrogens is 439 g/mol. The molecule has 168 valence electrons. The Morgan fingerprint density at radius 2 is 1.80 bits per heavy atom. The molecule has 0 saturated heterocycles. The van der Waals surface area contributed by atoms with Crippen molar-refractivity contribution in [2.45, 2.75) is 25.6 Å². The molecule has 0 saturated carbocycles. The Hall–Kier alpha value is -2.13. The third kappa shape index (κ3) is 6.70. The van der Waals surface area contributed by atoms with Crippen LogP contribution in [0.3, 0.4) is 0 Å². The standard InChI is InChI=1S/C19H26Cl2N2O7/c1-27-16(24)14-11-28-17(30-19(26)23-9-3-7-21)15-12(4-5-13(14)15)10-29-18(25)22-8-2-6-20/h4,11,13,15,17H,2-3,5-10H2,1H3,(H,22,25)(H,23,26)/t13-,15-,17?/m1/s1. The van der Waals surface area contributed by atoms with Gasteiger partial charge in [-0.15, -0.1) is 23.2 Å². The minimum Gasteiger partial charge on any atom is -0.466 e. The van der Waals surface area contributed by atoms with Gasteiger partial charge in [0, 0.05) is 30.8 Å². The van der Waals surface area contributed by atoms with E-state index in [1.807, 2.05) is 6.08 Å². The fraction of sp³-hybridized carbons (Fsp3) is 0.632. The SMILES string of the molecule is COC(=O)C1=COC(OC(=O)NCCCCl)[C@@H]2C(COC(=O)NCCCCl)=CC[C@H]12. The van der Waals surface area contributed by atoms with E-state index in [0.29, 0.717) is 55.3 Å². The van der Waals surface area contributed by atoms with Gasteiger partial charge in [0.2, 0.25) is 0 Å². The van der Waals surface area contributed by atoms with Crippen LogP contribution in [0.25, 0.3) is 0 Å². The largest absolute Gasteiger partial charge is 0.466 e. The van der Waals surface area contributed by atoms with Crippen molar-refractivity contribution in [3.8, 4) is 0 Å². The van der Waals surface area contributed by atoms with Gasteiger partial charge in [-0.25, -0.2) is 14.4 Å². The van der Waals surface area contributed by atoms with Gasteiger partial charge in [0.1, 0.15) is 6.61 Å². The van der Waals surface area contributed by atoms with E-state index in [2.05, 4.69) is 10.6 Å². The van der Waals surface area contributed by atoms with Crippen LogP contribution in [0.5, 0.6) is 0 Å². The summed E-state index contributed by atoms with van der Waals surface area (Å²) in [7, 11) is 1.28. The van der Waals surface area contributed by atoms with Crippen molar-refractivity contribution in [3.63, 3.8) is 0 Å². The number of rotatable bonds is 10. The van der Waals surface area contributed by atoms with Gasteiger partial charge >= 0.3 is 18.2 Å². The minimum atomic E-state index is -0.976. The van der Waals surface area contributed by atoms with Crippen molar-refractivity contribution in [2.24, 2.45) is 11.8 Å². The summed E-state index contributed by atoms with van der Waals surface area (Å²) in [5, 5.41) is 5.18. The van der Waals surface area contributed by atoms with Crippen LogP contribution in [0.15, 0.2) is 23.5 Å². The highest BCUT2D eigenvalue weighted by Crippen LogP contribution is 2.43. The molecule has 1 unspecified atom stereocenters. The van der Waals surface area contributed by atoms with Crippen molar-refractivity contribution >= 4 is 41.4 Å². The number of carbonyl (C=O) groups excluding carboxylic acids is 3. The van der Waals surface area contributed by atoms with E-state index in [-0.39, 0.29) is 12.5 Å². The molecule has 3 atom stereocenters. The molecule has 30 heavy (non-hydrogen) atoms. The monoisotopic (exact) mass is 464 g/mol. The highest BCUT2D eigenvalue weighted by Gasteiger charge is 2.46. The molecule has 2 N–H and O–H groups in total. The lowest BCUT2D eigenvalue weighted by Gasteiger charge is -2.34. The minimum absolute atomic E-state index is 0.0284. The highest BCUT2D eigenvalue weighted by molar-refractivity contribution is 6.18. The molecule has 0 bridgehead atoms. The number of methoxy groups -OCH3 is 1. The van der Waals surface area contributed by atoms with Crippen LogP contribution in [0.1, 0.15) is 19.3 Å². The maximum Gasteiger partial charge on any atom is 0.410 e. The van der Waals surface area contributed by atoms with Crippen LogP contribution in [0, 0.1) is 11.8 Å². The summed E-state index contributed by atoms with van der Waals surface area (Å²) in [4.78, 5) is 36.0. The van der Waals surface area contributed by atoms with E-state index in [1.54, 1.807) is 0 Å². The number of esters is 1. The first-order valence-corrected chi connectivity index (χ1v) is 10.7. The van der Waals surface area contributed by atoms with Gasteiger partial charge in [0.25, 0.3) is 6.29 Å². The van der Waals surface area contributed by atoms with Gasteiger partial charge in [-0.1, -0.05) is 6.08 Å². The van der Waals surface area contributed by atoms with E-state index in [0.717, 1.165) is 0 Å². The lowest BCUT2D eigenvalue weighted by atomic mass is 9.83. The quantitative estimate of drug-likeness (QED) is 0.168. The van der Waals surface area contributed by atoms with Crippen LogP contribution in [-0.2, 0) is 23.7 Å². The van der Waals surface area contributed by atoms with Crippen molar-refractivity contribution in [1.82, 2.24) is 10.6 Å².